The molecular formula is C44H76O6S2Sn. The molecule has 0 amide bonds. The Morgan fingerprint density at radius 2 is 0.566 bits per heavy atom. The third-order valence-corrected chi connectivity index (χ3v) is 14.5. The maximum atomic E-state index is 10.4. The van der Waals surface area contributed by atoms with Gasteiger partial charge in [0.2, 0.25) is 0 Å². The van der Waals surface area contributed by atoms with Crippen LogP contribution < -0.4 is 7.16 Å². The molecule has 0 N–H and O–H groups in total. The van der Waals surface area contributed by atoms with E-state index in [9.17, 15) is 25.9 Å². The molecular weight excluding hydrogens is 807 g/mol. The Morgan fingerprint density at radius 1 is 0.358 bits per heavy atom. The van der Waals surface area contributed by atoms with Crippen molar-refractivity contribution in [1.29, 1.82) is 0 Å². The summed E-state index contributed by atoms with van der Waals surface area (Å²) in [7, 11) is -7.98. The fourth-order valence-corrected chi connectivity index (χ4v) is 10.3. The Hall–Kier alpha value is -0.941. The fourth-order valence-electron chi connectivity index (χ4n) is 6.16. The fraction of sp³-hybridized carbons (Fsp3) is 0.727. The predicted octanol–water partition coefficient (Wildman–Crippen LogP) is 11.4. The Bertz CT molecular complexity index is 1140. The summed E-state index contributed by atoms with van der Waals surface area (Å²) in [4.78, 5) is 0. The van der Waals surface area contributed by atoms with Crippen molar-refractivity contribution >= 4 is 48.5 Å². The zero-order valence-electron chi connectivity index (χ0n) is 33.8. The van der Waals surface area contributed by atoms with E-state index in [0.29, 0.717) is 12.8 Å². The molecule has 0 aliphatic rings. The summed E-state index contributed by atoms with van der Waals surface area (Å²) in [5.74, 6) is -0.379. The summed E-state index contributed by atoms with van der Waals surface area (Å²) in [5.41, 5.74) is 0. The van der Waals surface area contributed by atoms with Crippen molar-refractivity contribution in [3.8, 4) is 0 Å². The van der Waals surface area contributed by atoms with Gasteiger partial charge in [-0.15, -0.1) is 0 Å². The topological polar surface area (TPSA) is 114 Å². The van der Waals surface area contributed by atoms with E-state index in [2.05, 4.69) is 74.5 Å². The molecule has 2 aromatic carbocycles. The normalized spacial score (nSPS) is 11.2. The molecule has 304 valence electrons. The van der Waals surface area contributed by atoms with Gasteiger partial charge in [-0.25, -0.2) is 16.8 Å². The van der Waals surface area contributed by atoms with E-state index in [-0.39, 0.29) is 11.5 Å². The Kier molecular flexibility index (Phi) is 37.3. The summed E-state index contributed by atoms with van der Waals surface area (Å²) < 4.78 is 65.4. The van der Waals surface area contributed by atoms with Gasteiger partial charge in [-0.1, -0.05) is 181 Å². The van der Waals surface area contributed by atoms with E-state index in [1.807, 2.05) is 0 Å². The predicted molar refractivity (Wildman–Crippen MR) is 228 cm³/mol. The van der Waals surface area contributed by atoms with Crippen LogP contribution in [0.15, 0.2) is 60.7 Å². The molecule has 0 bridgehead atoms. The summed E-state index contributed by atoms with van der Waals surface area (Å²) in [6.45, 7) is 4.50. The molecule has 2 aromatic rings. The molecule has 0 heterocycles. The van der Waals surface area contributed by atoms with Crippen LogP contribution in [0.5, 0.6) is 0 Å². The van der Waals surface area contributed by atoms with E-state index in [1.54, 1.807) is 0 Å². The zero-order chi connectivity index (χ0) is 39.1. The van der Waals surface area contributed by atoms with Crippen LogP contribution in [0.4, 0.5) is 0 Å². The van der Waals surface area contributed by atoms with Crippen LogP contribution in [-0.2, 0) is 20.2 Å². The van der Waals surface area contributed by atoms with Gasteiger partial charge in [0.15, 0.2) is 0 Å². The second-order valence-electron chi connectivity index (χ2n) is 14.6. The zero-order valence-corrected chi connectivity index (χ0v) is 38.2. The molecule has 2 rings (SSSR count). The van der Waals surface area contributed by atoms with Crippen LogP contribution in [0.3, 0.4) is 0 Å². The number of unbranched alkanes of at least 4 members (excludes halogenated alkanes) is 26. The molecule has 6 nitrogen and oxygen atoms in total. The Balaban J connectivity index is 0.000000781. The van der Waals surface area contributed by atoms with E-state index in [1.165, 1.54) is 148 Å². The Labute approximate surface area is 338 Å². The third-order valence-electron chi connectivity index (χ3n) is 9.33. The van der Waals surface area contributed by atoms with Gasteiger partial charge in [-0.05, 0) is 12.8 Å². The summed E-state index contributed by atoms with van der Waals surface area (Å²) >= 11 is -0.517. The van der Waals surface area contributed by atoms with Crippen LogP contribution in [0.1, 0.15) is 194 Å². The molecule has 0 aromatic heterocycles. The van der Waals surface area contributed by atoms with Gasteiger partial charge in [-0.3, -0.25) is 0 Å². The molecule has 0 aliphatic heterocycles. The van der Waals surface area contributed by atoms with Crippen molar-refractivity contribution in [2.24, 2.45) is 0 Å². The summed E-state index contributed by atoms with van der Waals surface area (Å²) in [6, 6.07) is 21.6. The van der Waals surface area contributed by atoms with Gasteiger partial charge in [-0.2, -0.15) is 0 Å². The van der Waals surface area contributed by atoms with Gasteiger partial charge in [0.25, 0.3) is 0 Å². The van der Waals surface area contributed by atoms with Crippen LogP contribution in [0.2, 0.25) is 0 Å². The molecule has 9 heteroatoms. The summed E-state index contributed by atoms with van der Waals surface area (Å²) in [6.07, 6.45) is 34.3. The van der Waals surface area contributed by atoms with Crippen molar-refractivity contribution < 1.29 is 25.9 Å². The number of rotatable bonds is 32. The SMILES string of the molecule is CCCCCCCCCCCCCCCCS(=O)(=O)[O-].CCCCCCCCCCCCCCCCS(=O)(=O)[O-].c1cc[c]([Sn+2][c]2ccccc2)cc1. The van der Waals surface area contributed by atoms with Gasteiger partial charge >= 0.3 is 89.0 Å². The number of hydrogen-bond donors (Lipinski definition) is 0. The van der Waals surface area contributed by atoms with Crippen molar-refractivity contribution in [2.45, 2.75) is 194 Å². The average molecular weight is 884 g/mol. The van der Waals surface area contributed by atoms with E-state index >= 15 is 0 Å². The van der Waals surface area contributed by atoms with Crippen LogP contribution in [-0.4, -0.2) is 58.6 Å². The molecule has 0 saturated carbocycles. The summed E-state index contributed by atoms with van der Waals surface area (Å²) in [5, 5.41) is 0. The molecule has 0 saturated heterocycles. The molecule has 0 aliphatic carbocycles. The molecule has 0 spiro atoms. The number of hydrogen-bond acceptors (Lipinski definition) is 6. The first-order valence-corrected chi connectivity index (χ1v) is 27.3. The van der Waals surface area contributed by atoms with Crippen LogP contribution in [0.25, 0.3) is 0 Å². The second-order valence-corrected chi connectivity index (χ2v) is 21.6. The van der Waals surface area contributed by atoms with Crippen LogP contribution >= 0.6 is 0 Å². The minimum atomic E-state index is -3.99. The third kappa shape index (κ3) is 43.7. The standard InChI is InChI=1S/2C16H34O3S.2C6H5.Sn/c2*1-2-3-4-5-6-7-8-9-10-11-12-13-14-15-16-20(17,18)19;2*1-2-4-6-5-3-1;/h2*2-16H2,1H3,(H,17,18,19);2*1-5H;/q;;;;+2/p-2. The van der Waals surface area contributed by atoms with Crippen molar-refractivity contribution in [2.75, 3.05) is 11.5 Å². The maximum absolute atomic E-state index is 10.4. The average Bonchev–Trinajstić information content (AvgIpc) is 3.12. The molecule has 0 unspecified atom stereocenters. The van der Waals surface area contributed by atoms with E-state index in [0.717, 1.165) is 25.7 Å². The van der Waals surface area contributed by atoms with Crippen molar-refractivity contribution in [1.82, 2.24) is 0 Å². The molecule has 0 radical (unpaired) electrons. The minimum absolute atomic E-state index is 0.189. The first kappa shape index (κ1) is 52.1. The van der Waals surface area contributed by atoms with Gasteiger partial charge in [0.1, 0.15) is 0 Å². The van der Waals surface area contributed by atoms with E-state index in [4.69, 9.17) is 0 Å². The van der Waals surface area contributed by atoms with Crippen molar-refractivity contribution in [3.63, 3.8) is 0 Å². The second kappa shape index (κ2) is 38.0. The first-order chi connectivity index (χ1) is 25.6. The Morgan fingerprint density at radius 3 is 0.774 bits per heavy atom. The molecule has 0 atom stereocenters. The molecule has 53 heavy (non-hydrogen) atoms. The number of benzene rings is 2. The van der Waals surface area contributed by atoms with Crippen LogP contribution in [0, 0.1) is 0 Å². The molecule has 0 fully saturated rings. The van der Waals surface area contributed by atoms with Crippen molar-refractivity contribution in [3.05, 3.63) is 60.7 Å². The van der Waals surface area contributed by atoms with Gasteiger partial charge in [0, 0.05) is 11.5 Å². The van der Waals surface area contributed by atoms with E-state index < -0.39 is 41.4 Å². The quantitative estimate of drug-likeness (QED) is 0.0411. The monoisotopic (exact) mass is 884 g/mol. The van der Waals surface area contributed by atoms with Gasteiger partial charge in [0.05, 0.1) is 20.2 Å². The first-order valence-electron chi connectivity index (χ1n) is 21.3. The van der Waals surface area contributed by atoms with Gasteiger partial charge < -0.3 is 9.11 Å².